The Morgan fingerprint density at radius 3 is 2.51 bits per heavy atom. The van der Waals surface area contributed by atoms with Crippen molar-refractivity contribution in [1.29, 1.82) is 0 Å². The third kappa shape index (κ3) is 6.67. The van der Waals surface area contributed by atoms with Crippen LogP contribution in [0, 0.1) is 0 Å². The average Bonchev–Trinajstić information content (AvgIpc) is 3.27. The molecular weight excluding hydrogens is 720 g/mol. The molecule has 7 nitrogen and oxygen atoms in total. The summed E-state index contributed by atoms with van der Waals surface area (Å²) in [5.74, 6) is 0.741. The summed E-state index contributed by atoms with van der Waals surface area (Å²) in [7, 11) is 0. The predicted octanol–water partition coefficient (Wildman–Crippen LogP) is 6.95. The van der Waals surface area contributed by atoms with Crippen LogP contribution in [0.15, 0.2) is 90.7 Å². The first kappa shape index (κ1) is 31.3. The second-order valence-corrected chi connectivity index (χ2v) is 12.7. The standard InChI is InChI=1S/C32H27Br2ClN2O5S/c1-4-40-23-12-10-19(11-13-23)28-27(31(39)41-5-2)18(3)36-32-37(28)30(38)26(43-32)15-21-14-22(33)16-24(34)29(21)42-17-20-8-6-7-9-25(20)35/h6-16,28H,4-5,17H2,1-3H3/b26-15-/t28-/m1/s1. The van der Waals surface area contributed by atoms with Gasteiger partial charge in [0.2, 0.25) is 0 Å². The SMILES string of the molecule is CCOC(=O)C1=C(C)N=c2s/c(=C\c3cc(Br)cc(Br)c3OCc3ccccc3Cl)c(=O)n2[C@@H]1c1ccc(OCC)cc1. The number of fused-ring (bicyclic) bond motifs is 1. The highest BCUT2D eigenvalue weighted by atomic mass is 79.9. The largest absolute Gasteiger partial charge is 0.494 e. The maximum absolute atomic E-state index is 14.1. The summed E-state index contributed by atoms with van der Waals surface area (Å²) in [5, 5.41) is 0.604. The number of esters is 1. The highest BCUT2D eigenvalue weighted by molar-refractivity contribution is 9.11. The zero-order valence-electron chi connectivity index (χ0n) is 23.5. The van der Waals surface area contributed by atoms with Crippen molar-refractivity contribution in [3.63, 3.8) is 0 Å². The zero-order valence-corrected chi connectivity index (χ0v) is 28.3. The minimum atomic E-state index is -0.724. The van der Waals surface area contributed by atoms with E-state index in [9.17, 15) is 9.59 Å². The molecule has 1 aliphatic rings. The van der Waals surface area contributed by atoms with Gasteiger partial charge < -0.3 is 14.2 Å². The summed E-state index contributed by atoms with van der Waals surface area (Å²) in [6.45, 7) is 6.38. The molecule has 0 unspecified atom stereocenters. The Balaban J connectivity index is 1.64. The molecule has 222 valence electrons. The van der Waals surface area contributed by atoms with E-state index in [1.165, 1.54) is 11.3 Å². The molecule has 1 atom stereocenters. The minimum absolute atomic E-state index is 0.199. The van der Waals surface area contributed by atoms with Gasteiger partial charge >= 0.3 is 5.97 Å². The lowest BCUT2D eigenvalue weighted by Crippen LogP contribution is -2.39. The van der Waals surface area contributed by atoms with Crippen LogP contribution in [0.3, 0.4) is 0 Å². The Morgan fingerprint density at radius 1 is 1.07 bits per heavy atom. The lowest BCUT2D eigenvalue weighted by atomic mass is 9.96. The molecule has 0 spiro atoms. The van der Waals surface area contributed by atoms with Gasteiger partial charge in [0, 0.05) is 20.6 Å². The van der Waals surface area contributed by atoms with Gasteiger partial charge in [-0.3, -0.25) is 9.36 Å². The van der Waals surface area contributed by atoms with Gasteiger partial charge in [-0.1, -0.05) is 69.2 Å². The van der Waals surface area contributed by atoms with Crippen molar-refractivity contribution >= 4 is 66.8 Å². The molecule has 3 aromatic carbocycles. The number of allylic oxidation sites excluding steroid dienone is 1. The normalized spacial score (nSPS) is 14.7. The van der Waals surface area contributed by atoms with Crippen LogP contribution in [-0.4, -0.2) is 23.8 Å². The van der Waals surface area contributed by atoms with E-state index in [0.717, 1.165) is 15.6 Å². The van der Waals surface area contributed by atoms with Gasteiger partial charge in [-0.05, 0) is 78.7 Å². The molecule has 0 bridgehead atoms. The Morgan fingerprint density at radius 2 is 1.81 bits per heavy atom. The number of carbonyl (C=O) groups excluding carboxylic acids is 1. The molecule has 0 saturated heterocycles. The summed E-state index contributed by atoms with van der Waals surface area (Å²) < 4.78 is 20.7. The first-order chi connectivity index (χ1) is 20.7. The molecule has 0 N–H and O–H groups in total. The van der Waals surface area contributed by atoms with Gasteiger partial charge in [0.15, 0.2) is 4.80 Å². The first-order valence-corrected chi connectivity index (χ1v) is 16.3. The quantitative estimate of drug-likeness (QED) is 0.173. The molecule has 2 heterocycles. The van der Waals surface area contributed by atoms with E-state index in [0.29, 0.717) is 53.8 Å². The molecule has 1 aliphatic heterocycles. The van der Waals surface area contributed by atoms with Gasteiger partial charge in [-0.2, -0.15) is 0 Å². The van der Waals surface area contributed by atoms with Crippen LogP contribution in [0.4, 0.5) is 0 Å². The Labute approximate surface area is 274 Å². The second-order valence-electron chi connectivity index (χ2n) is 9.49. The van der Waals surface area contributed by atoms with Crippen molar-refractivity contribution in [3.05, 3.63) is 122 Å². The van der Waals surface area contributed by atoms with Crippen molar-refractivity contribution in [3.8, 4) is 11.5 Å². The van der Waals surface area contributed by atoms with E-state index >= 15 is 0 Å². The van der Waals surface area contributed by atoms with Crippen molar-refractivity contribution < 1.29 is 19.0 Å². The summed E-state index contributed by atoms with van der Waals surface area (Å²) in [6.07, 6.45) is 1.78. The van der Waals surface area contributed by atoms with Crippen LogP contribution < -0.4 is 24.4 Å². The third-order valence-electron chi connectivity index (χ3n) is 6.68. The molecule has 0 fully saturated rings. The topological polar surface area (TPSA) is 79.1 Å². The second kappa shape index (κ2) is 13.6. The van der Waals surface area contributed by atoms with Crippen molar-refractivity contribution in [2.75, 3.05) is 13.2 Å². The van der Waals surface area contributed by atoms with Crippen LogP contribution in [0.25, 0.3) is 6.08 Å². The number of benzene rings is 3. The minimum Gasteiger partial charge on any atom is -0.494 e. The number of ether oxygens (including phenoxy) is 3. The molecule has 0 amide bonds. The Hall–Kier alpha value is -3.18. The number of hydrogen-bond acceptors (Lipinski definition) is 7. The summed E-state index contributed by atoms with van der Waals surface area (Å²) in [6, 6.07) is 17.9. The maximum atomic E-state index is 14.1. The third-order valence-corrected chi connectivity index (χ3v) is 9.08. The molecule has 5 rings (SSSR count). The summed E-state index contributed by atoms with van der Waals surface area (Å²) in [4.78, 5) is 32.5. The Bertz CT molecular complexity index is 1900. The van der Waals surface area contributed by atoms with Crippen molar-refractivity contribution in [1.82, 2.24) is 4.57 Å². The number of halogens is 3. The highest BCUT2D eigenvalue weighted by Crippen LogP contribution is 2.35. The number of nitrogens with zero attached hydrogens (tertiary/aromatic N) is 2. The van der Waals surface area contributed by atoms with Crippen LogP contribution in [0.2, 0.25) is 5.02 Å². The fourth-order valence-corrected chi connectivity index (χ4v) is 7.37. The first-order valence-electron chi connectivity index (χ1n) is 13.5. The fourth-order valence-electron chi connectivity index (χ4n) is 4.77. The molecule has 4 aromatic rings. The molecule has 0 aliphatic carbocycles. The number of carbonyl (C=O) groups is 1. The fraction of sp³-hybridized carbons (Fsp3) is 0.219. The van der Waals surface area contributed by atoms with Crippen molar-refractivity contribution in [2.24, 2.45) is 4.99 Å². The van der Waals surface area contributed by atoms with Crippen LogP contribution >= 0.6 is 54.8 Å². The lowest BCUT2D eigenvalue weighted by Gasteiger charge is -2.24. The van der Waals surface area contributed by atoms with E-state index in [1.54, 1.807) is 24.5 Å². The van der Waals surface area contributed by atoms with E-state index in [2.05, 4.69) is 36.9 Å². The average molecular weight is 747 g/mol. The van der Waals surface area contributed by atoms with Gasteiger partial charge in [0.25, 0.3) is 5.56 Å². The number of aromatic nitrogens is 1. The molecule has 0 saturated carbocycles. The number of hydrogen-bond donors (Lipinski definition) is 0. The predicted molar refractivity (Wildman–Crippen MR) is 176 cm³/mol. The van der Waals surface area contributed by atoms with E-state index in [-0.39, 0.29) is 18.8 Å². The molecule has 11 heteroatoms. The van der Waals surface area contributed by atoms with Gasteiger partial charge in [-0.15, -0.1) is 0 Å². The van der Waals surface area contributed by atoms with E-state index in [4.69, 9.17) is 25.8 Å². The summed E-state index contributed by atoms with van der Waals surface area (Å²) in [5.41, 5.74) is 2.78. The lowest BCUT2D eigenvalue weighted by molar-refractivity contribution is -0.139. The van der Waals surface area contributed by atoms with Gasteiger partial charge in [0.1, 0.15) is 18.1 Å². The molecule has 43 heavy (non-hydrogen) atoms. The number of rotatable bonds is 9. The van der Waals surface area contributed by atoms with E-state index < -0.39 is 12.0 Å². The van der Waals surface area contributed by atoms with Crippen LogP contribution in [0.5, 0.6) is 11.5 Å². The van der Waals surface area contributed by atoms with Gasteiger partial charge in [0.05, 0.1) is 39.5 Å². The Kier molecular flexibility index (Phi) is 9.91. The smallest absolute Gasteiger partial charge is 0.338 e. The van der Waals surface area contributed by atoms with Crippen LogP contribution in [-0.2, 0) is 16.1 Å². The highest BCUT2D eigenvalue weighted by Gasteiger charge is 2.33. The van der Waals surface area contributed by atoms with E-state index in [1.807, 2.05) is 67.6 Å². The van der Waals surface area contributed by atoms with Crippen molar-refractivity contribution in [2.45, 2.75) is 33.4 Å². The molecular formula is C32H27Br2ClN2O5S. The van der Waals surface area contributed by atoms with Crippen LogP contribution in [0.1, 0.15) is 43.5 Å². The van der Waals surface area contributed by atoms with Gasteiger partial charge in [-0.25, -0.2) is 9.79 Å². The number of thiazole rings is 1. The molecule has 1 aromatic heterocycles. The zero-order chi connectivity index (χ0) is 30.7. The summed E-state index contributed by atoms with van der Waals surface area (Å²) >= 11 is 14.8. The monoisotopic (exact) mass is 744 g/mol. The maximum Gasteiger partial charge on any atom is 0.338 e. The molecule has 0 radical (unpaired) electrons.